The second-order valence-corrected chi connectivity index (χ2v) is 8.07. The number of hydrogen-bond acceptors (Lipinski definition) is 5. The average molecular weight is 392 g/mol. The monoisotopic (exact) mass is 391 g/mol. The second-order valence-electron chi connectivity index (χ2n) is 7.66. The lowest BCUT2D eigenvalue weighted by molar-refractivity contribution is -0.143. The number of nitrogens with one attached hydrogen (secondary N) is 2. The highest BCUT2D eigenvalue weighted by atomic mass is 35.5. The fraction of sp³-hybridized carbons (Fsp3) is 0.526. The first-order chi connectivity index (χ1) is 12.8. The average Bonchev–Trinajstić information content (AvgIpc) is 3.21. The minimum absolute atomic E-state index is 0.0621. The number of carbonyl (C=O) groups is 3. The van der Waals surface area contributed by atoms with Gasteiger partial charge in [0, 0.05) is 18.7 Å². The third kappa shape index (κ3) is 2.31. The van der Waals surface area contributed by atoms with E-state index in [4.69, 9.17) is 16.3 Å². The second kappa shape index (κ2) is 6.29. The van der Waals surface area contributed by atoms with Crippen LogP contribution in [0.1, 0.15) is 19.4 Å². The van der Waals surface area contributed by atoms with Crippen molar-refractivity contribution in [3.05, 3.63) is 28.8 Å². The topological polar surface area (TPSA) is 87.7 Å². The maximum Gasteiger partial charge on any atom is 0.250 e. The van der Waals surface area contributed by atoms with Crippen molar-refractivity contribution in [3.63, 3.8) is 0 Å². The molecule has 0 aromatic heterocycles. The summed E-state index contributed by atoms with van der Waals surface area (Å²) < 4.78 is 5.05. The van der Waals surface area contributed by atoms with Crippen LogP contribution in [0, 0.1) is 17.8 Å². The molecule has 0 aliphatic carbocycles. The number of benzene rings is 1. The molecular weight excluding hydrogens is 370 g/mol. The molecule has 27 heavy (non-hydrogen) atoms. The van der Waals surface area contributed by atoms with Gasteiger partial charge in [-0.15, -0.1) is 0 Å². The lowest BCUT2D eigenvalue weighted by Crippen LogP contribution is -2.54. The van der Waals surface area contributed by atoms with Crippen LogP contribution in [0.4, 0.5) is 5.69 Å². The largest absolute Gasteiger partial charge is 0.383 e. The highest BCUT2D eigenvalue weighted by Gasteiger charge is 2.70. The number of carbonyl (C=O) groups excluding carboxylic acids is 3. The Labute approximate surface area is 162 Å². The smallest absolute Gasteiger partial charge is 0.250 e. The van der Waals surface area contributed by atoms with Gasteiger partial charge in [-0.2, -0.15) is 0 Å². The SMILES string of the molecule is COCCN1C(=O)[C@H]2[C@@H](C1=O)[C@]1(N[C@H]2C(C)C)C(=O)Nc2c(Cl)cccc21. The number of anilines is 1. The number of fused-ring (bicyclic) bond motifs is 4. The molecule has 7 nitrogen and oxygen atoms in total. The number of imide groups is 1. The summed E-state index contributed by atoms with van der Waals surface area (Å²) in [7, 11) is 1.52. The lowest BCUT2D eigenvalue weighted by Gasteiger charge is -2.30. The summed E-state index contributed by atoms with van der Waals surface area (Å²) in [5.41, 5.74) is -0.141. The van der Waals surface area contributed by atoms with Gasteiger partial charge in [0.2, 0.25) is 17.7 Å². The molecule has 1 aromatic rings. The molecule has 0 radical (unpaired) electrons. The van der Waals surface area contributed by atoms with Gasteiger partial charge < -0.3 is 10.1 Å². The van der Waals surface area contributed by atoms with Crippen LogP contribution in [0.3, 0.4) is 0 Å². The predicted molar refractivity (Wildman–Crippen MR) is 99.1 cm³/mol. The van der Waals surface area contributed by atoms with Crippen LogP contribution >= 0.6 is 11.6 Å². The van der Waals surface area contributed by atoms with E-state index in [9.17, 15) is 14.4 Å². The Morgan fingerprint density at radius 2 is 2.00 bits per heavy atom. The van der Waals surface area contributed by atoms with E-state index in [1.807, 2.05) is 13.8 Å². The molecule has 144 valence electrons. The van der Waals surface area contributed by atoms with Gasteiger partial charge in [-0.05, 0) is 12.0 Å². The summed E-state index contributed by atoms with van der Waals surface area (Å²) in [4.78, 5) is 40.8. The van der Waals surface area contributed by atoms with Crippen molar-refractivity contribution in [2.45, 2.75) is 25.4 Å². The summed E-state index contributed by atoms with van der Waals surface area (Å²) in [6.07, 6.45) is 0. The Hall–Kier alpha value is -1.96. The number of halogens is 1. The number of rotatable bonds is 4. The van der Waals surface area contributed by atoms with Crippen LogP contribution < -0.4 is 10.6 Å². The van der Waals surface area contributed by atoms with Gasteiger partial charge in [-0.3, -0.25) is 24.6 Å². The Morgan fingerprint density at radius 3 is 2.67 bits per heavy atom. The Bertz CT molecular complexity index is 842. The first-order valence-electron chi connectivity index (χ1n) is 9.07. The molecule has 4 rings (SSSR count). The number of hydrogen-bond donors (Lipinski definition) is 2. The first kappa shape index (κ1) is 18.4. The minimum atomic E-state index is -1.28. The zero-order valence-electron chi connectivity index (χ0n) is 15.4. The van der Waals surface area contributed by atoms with Crippen LogP contribution in [0.15, 0.2) is 18.2 Å². The van der Waals surface area contributed by atoms with Crippen LogP contribution in [-0.4, -0.2) is 48.9 Å². The van der Waals surface area contributed by atoms with E-state index < -0.39 is 17.4 Å². The highest BCUT2D eigenvalue weighted by molar-refractivity contribution is 6.35. The lowest BCUT2D eigenvalue weighted by atomic mass is 9.76. The number of ether oxygens (including phenoxy) is 1. The third-order valence-corrected chi connectivity index (χ3v) is 6.28. The van der Waals surface area contributed by atoms with Gasteiger partial charge in [-0.1, -0.05) is 37.6 Å². The molecule has 8 heteroatoms. The van der Waals surface area contributed by atoms with Crippen molar-refractivity contribution in [1.29, 1.82) is 0 Å². The van der Waals surface area contributed by atoms with Crippen molar-refractivity contribution in [2.24, 2.45) is 17.8 Å². The van der Waals surface area contributed by atoms with Gasteiger partial charge in [0.1, 0.15) is 5.54 Å². The Kier molecular flexibility index (Phi) is 4.29. The summed E-state index contributed by atoms with van der Waals surface area (Å²) in [5.74, 6) is -2.24. The molecule has 2 N–H and O–H groups in total. The normalized spacial score (nSPS) is 31.8. The van der Waals surface area contributed by atoms with Crippen LogP contribution in [0.2, 0.25) is 5.02 Å². The molecule has 3 heterocycles. The van der Waals surface area contributed by atoms with Crippen molar-refractivity contribution in [2.75, 3.05) is 25.6 Å². The van der Waals surface area contributed by atoms with E-state index in [1.54, 1.807) is 18.2 Å². The number of nitrogens with zero attached hydrogens (tertiary/aromatic N) is 1. The maximum absolute atomic E-state index is 13.3. The molecule has 1 spiro atoms. The summed E-state index contributed by atoms with van der Waals surface area (Å²) >= 11 is 6.28. The predicted octanol–water partition coefficient (Wildman–Crippen LogP) is 1.36. The molecule has 3 amide bonds. The molecule has 0 saturated carbocycles. The molecule has 2 saturated heterocycles. The summed E-state index contributed by atoms with van der Waals surface area (Å²) in [6.45, 7) is 4.41. The van der Waals surface area contributed by atoms with Gasteiger partial charge in [-0.25, -0.2) is 0 Å². The van der Waals surface area contributed by atoms with Crippen molar-refractivity contribution >= 4 is 35.0 Å². The minimum Gasteiger partial charge on any atom is -0.383 e. The van der Waals surface area contributed by atoms with Crippen molar-refractivity contribution in [3.8, 4) is 0 Å². The van der Waals surface area contributed by atoms with Gasteiger partial charge >= 0.3 is 0 Å². The zero-order valence-corrected chi connectivity index (χ0v) is 16.2. The number of likely N-dealkylation sites (tertiary alicyclic amines) is 1. The van der Waals surface area contributed by atoms with Crippen LogP contribution in [-0.2, 0) is 24.7 Å². The zero-order chi connectivity index (χ0) is 19.5. The fourth-order valence-corrected chi connectivity index (χ4v) is 4.98. The van der Waals surface area contributed by atoms with Crippen molar-refractivity contribution < 1.29 is 19.1 Å². The van der Waals surface area contributed by atoms with E-state index in [2.05, 4.69) is 10.6 Å². The molecule has 3 aliphatic heterocycles. The third-order valence-electron chi connectivity index (χ3n) is 5.96. The van der Waals surface area contributed by atoms with Gasteiger partial charge in [0.25, 0.3) is 0 Å². The molecule has 3 aliphatic rings. The van der Waals surface area contributed by atoms with Crippen molar-refractivity contribution in [1.82, 2.24) is 10.2 Å². The Balaban J connectivity index is 1.87. The van der Waals surface area contributed by atoms with E-state index in [0.29, 0.717) is 16.3 Å². The summed E-state index contributed by atoms with van der Waals surface area (Å²) in [6, 6.07) is 4.95. The van der Waals surface area contributed by atoms with Crippen LogP contribution in [0.5, 0.6) is 0 Å². The number of para-hydroxylation sites is 1. The summed E-state index contributed by atoms with van der Waals surface area (Å²) in [5, 5.41) is 6.61. The maximum atomic E-state index is 13.3. The number of methoxy groups -OCH3 is 1. The molecule has 2 fully saturated rings. The molecule has 4 atom stereocenters. The highest BCUT2D eigenvalue weighted by Crippen LogP contribution is 2.54. The first-order valence-corrected chi connectivity index (χ1v) is 9.44. The standard InChI is InChI=1S/C19H22ClN3O4/c1-9(2)14-12-13(17(25)23(16(12)24)7-8-27-3)19(22-14)10-5-4-6-11(20)15(10)21-18(19)26/h4-6,9,12-14,22H,7-8H2,1-3H3,(H,21,26)/t12-,13-,14-,19-/m0/s1. The Morgan fingerprint density at radius 1 is 1.26 bits per heavy atom. The fourth-order valence-electron chi connectivity index (χ4n) is 4.76. The van der Waals surface area contributed by atoms with E-state index in [-0.39, 0.29) is 42.8 Å². The van der Waals surface area contributed by atoms with E-state index in [0.717, 1.165) is 0 Å². The van der Waals surface area contributed by atoms with Gasteiger partial charge in [0.05, 0.1) is 35.7 Å². The molecule has 0 bridgehead atoms. The van der Waals surface area contributed by atoms with Gasteiger partial charge in [0.15, 0.2) is 0 Å². The van der Waals surface area contributed by atoms with Crippen LogP contribution in [0.25, 0.3) is 0 Å². The molecule has 1 aromatic carbocycles. The number of amides is 3. The quantitative estimate of drug-likeness (QED) is 0.757. The molecule has 0 unspecified atom stereocenters. The van der Waals surface area contributed by atoms with E-state index >= 15 is 0 Å². The molecular formula is C19H22ClN3O4. The van der Waals surface area contributed by atoms with E-state index in [1.165, 1.54) is 12.0 Å².